The van der Waals surface area contributed by atoms with Gasteiger partial charge < -0.3 is 19.5 Å². The third-order valence-corrected chi connectivity index (χ3v) is 6.90. The number of aliphatic hydroxyl groups is 1. The van der Waals surface area contributed by atoms with Gasteiger partial charge in [0.1, 0.15) is 0 Å². The van der Waals surface area contributed by atoms with E-state index >= 15 is 0 Å². The number of rotatable bonds is 7. The van der Waals surface area contributed by atoms with Crippen LogP contribution in [0.4, 0.5) is 0 Å². The number of amides is 1. The third-order valence-electron chi connectivity index (χ3n) is 6.65. The third kappa shape index (κ3) is 6.17. The van der Waals surface area contributed by atoms with Crippen LogP contribution in [-0.4, -0.2) is 35.3 Å². The predicted octanol–water partition coefficient (Wildman–Crippen LogP) is 5.55. The van der Waals surface area contributed by atoms with Gasteiger partial charge in [0, 0.05) is 30.5 Å². The lowest BCUT2D eigenvalue weighted by atomic mass is 9.92. The number of aliphatic hydroxyl groups excluding tert-OH is 1. The first-order chi connectivity index (χ1) is 16.0. The minimum absolute atomic E-state index is 0.00325. The normalized spacial score (nSPS) is 21.2. The van der Waals surface area contributed by atoms with E-state index in [1.807, 2.05) is 66.6 Å². The van der Waals surface area contributed by atoms with Gasteiger partial charge in [-0.15, -0.1) is 0 Å². The average Bonchev–Trinajstić information content (AvgIpc) is 2.87. The summed E-state index contributed by atoms with van der Waals surface area (Å²) in [6.45, 7) is 0.379. The Labute approximate surface area is 201 Å². The van der Waals surface area contributed by atoms with E-state index in [1.165, 1.54) is 6.42 Å². The Morgan fingerprint density at radius 3 is 2.39 bits per heavy atom. The fourth-order valence-electron chi connectivity index (χ4n) is 4.59. The zero-order valence-corrected chi connectivity index (χ0v) is 19.8. The number of nitrogens with zero attached hydrogens (tertiary/aromatic N) is 1. The van der Waals surface area contributed by atoms with E-state index in [1.54, 1.807) is 0 Å². The van der Waals surface area contributed by atoms with Crippen LogP contribution in [0.25, 0.3) is 0 Å². The minimum atomic E-state index is -0.535. The van der Waals surface area contributed by atoms with E-state index < -0.39 is 6.29 Å². The van der Waals surface area contributed by atoms with Crippen LogP contribution in [0.2, 0.25) is 5.02 Å². The molecule has 0 bridgehead atoms. The standard InChI is InChI=1S/C27H32ClNO4/c1-29(24-5-3-2-4-6-24)27(31)25-15-22(21-11-13-23(28)14-12-21)16-26(33-25)32-18-20-9-7-19(17-30)8-10-20/h7-15,22,24,26,30H,2-6,16-18H2,1H3/t22-,26+/m1/s1. The van der Waals surface area contributed by atoms with E-state index in [2.05, 4.69) is 0 Å². The predicted molar refractivity (Wildman–Crippen MR) is 129 cm³/mol. The quantitative estimate of drug-likeness (QED) is 0.577. The van der Waals surface area contributed by atoms with Crippen LogP contribution < -0.4 is 0 Å². The molecule has 1 heterocycles. The number of carbonyl (C=O) groups excluding carboxylic acids is 1. The minimum Gasteiger partial charge on any atom is -0.459 e. The molecule has 1 amide bonds. The van der Waals surface area contributed by atoms with Crippen LogP contribution in [0, 0.1) is 0 Å². The first-order valence-electron chi connectivity index (χ1n) is 11.7. The summed E-state index contributed by atoms with van der Waals surface area (Å²) in [4.78, 5) is 15.2. The molecule has 4 rings (SSSR count). The molecule has 33 heavy (non-hydrogen) atoms. The summed E-state index contributed by atoms with van der Waals surface area (Å²) in [5, 5.41) is 9.92. The fraction of sp³-hybridized carbons (Fsp3) is 0.444. The Morgan fingerprint density at radius 1 is 1.06 bits per heavy atom. The molecular formula is C27H32ClNO4. The highest BCUT2D eigenvalue weighted by atomic mass is 35.5. The lowest BCUT2D eigenvalue weighted by Gasteiger charge is -2.34. The summed E-state index contributed by atoms with van der Waals surface area (Å²) >= 11 is 6.08. The second-order valence-electron chi connectivity index (χ2n) is 8.97. The number of allylic oxidation sites excluding steroid dienone is 1. The lowest BCUT2D eigenvalue weighted by Crippen LogP contribution is -2.41. The largest absolute Gasteiger partial charge is 0.459 e. The summed E-state index contributed by atoms with van der Waals surface area (Å²) < 4.78 is 12.2. The summed E-state index contributed by atoms with van der Waals surface area (Å²) in [7, 11) is 1.88. The molecular weight excluding hydrogens is 438 g/mol. The highest BCUT2D eigenvalue weighted by Crippen LogP contribution is 2.34. The molecule has 5 nitrogen and oxygen atoms in total. The molecule has 0 saturated heterocycles. The molecule has 2 atom stereocenters. The van der Waals surface area contributed by atoms with E-state index in [0.717, 1.165) is 42.4 Å². The Hall–Kier alpha value is -2.34. The highest BCUT2D eigenvalue weighted by Gasteiger charge is 2.32. The van der Waals surface area contributed by atoms with Crippen molar-refractivity contribution in [2.75, 3.05) is 7.05 Å². The van der Waals surface area contributed by atoms with Crippen LogP contribution >= 0.6 is 11.6 Å². The van der Waals surface area contributed by atoms with E-state index in [4.69, 9.17) is 21.1 Å². The zero-order valence-electron chi connectivity index (χ0n) is 19.1. The van der Waals surface area contributed by atoms with Crippen molar-refractivity contribution in [2.24, 2.45) is 0 Å². The monoisotopic (exact) mass is 469 g/mol. The molecule has 2 aromatic rings. The van der Waals surface area contributed by atoms with Crippen molar-refractivity contribution in [1.82, 2.24) is 4.90 Å². The molecule has 0 radical (unpaired) electrons. The van der Waals surface area contributed by atoms with Crippen molar-refractivity contribution >= 4 is 17.5 Å². The van der Waals surface area contributed by atoms with Crippen LogP contribution in [0.1, 0.15) is 61.1 Å². The van der Waals surface area contributed by atoms with E-state index in [0.29, 0.717) is 23.8 Å². The van der Waals surface area contributed by atoms with Gasteiger partial charge in [-0.2, -0.15) is 0 Å². The molecule has 176 valence electrons. The van der Waals surface area contributed by atoms with Crippen LogP contribution in [0.5, 0.6) is 0 Å². The fourth-order valence-corrected chi connectivity index (χ4v) is 4.72. The van der Waals surface area contributed by atoms with Crippen LogP contribution in [0.15, 0.2) is 60.4 Å². The number of carbonyl (C=O) groups is 1. The maximum Gasteiger partial charge on any atom is 0.288 e. The van der Waals surface area contributed by atoms with Gasteiger partial charge in [-0.3, -0.25) is 4.79 Å². The van der Waals surface area contributed by atoms with Gasteiger partial charge in [0.25, 0.3) is 5.91 Å². The molecule has 0 spiro atoms. The second kappa shape index (κ2) is 11.2. The Bertz CT molecular complexity index is 951. The maximum atomic E-state index is 13.4. The first-order valence-corrected chi connectivity index (χ1v) is 12.1. The summed E-state index contributed by atoms with van der Waals surface area (Å²) in [5.41, 5.74) is 2.92. The highest BCUT2D eigenvalue weighted by molar-refractivity contribution is 6.30. The number of hydrogen-bond donors (Lipinski definition) is 1. The van der Waals surface area contributed by atoms with E-state index in [-0.39, 0.29) is 24.5 Å². The van der Waals surface area contributed by atoms with Crippen LogP contribution in [0.3, 0.4) is 0 Å². The molecule has 1 aliphatic carbocycles. The van der Waals surface area contributed by atoms with Crippen molar-refractivity contribution in [3.05, 3.63) is 82.1 Å². The summed E-state index contributed by atoms with van der Waals surface area (Å²) in [5.74, 6) is 0.271. The molecule has 2 aromatic carbocycles. The van der Waals surface area contributed by atoms with E-state index in [9.17, 15) is 9.90 Å². The molecule has 2 aliphatic rings. The van der Waals surface area contributed by atoms with Crippen molar-refractivity contribution in [3.63, 3.8) is 0 Å². The maximum absolute atomic E-state index is 13.4. The molecule has 1 saturated carbocycles. The molecule has 1 aliphatic heterocycles. The van der Waals surface area contributed by atoms with Gasteiger partial charge in [-0.25, -0.2) is 0 Å². The van der Waals surface area contributed by atoms with Crippen molar-refractivity contribution in [3.8, 4) is 0 Å². The van der Waals surface area contributed by atoms with Crippen molar-refractivity contribution in [1.29, 1.82) is 0 Å². The number of ether oxygens (including phenoxy) is 2. The average molecular weight is 470 g/mol. The van der Waals surface area contributed by atoms with Gasteiger partial charge in [0.05, 0.1) is 13.2 Å². The first kappa shape index (κ1) is 23.8. The smallest absolute Gasteiger partial charge is 0.288 e. The van der Waals surface area contributed by atoms with Gasteiger partial charge in [0.15, 0.2) is 5.76 Å². The second-order valence-corrected chi connectivity index (χ2v) is 9.40. The Kier molecular flexibility index (Phi) is 8.07. The van der Waals surface area contributed by atoms with Crippen molar-refractivity contribution in [2.45, 2.75) is 70.0 Å². The van der Waals surface area contributed by atoms with Gasteiger partial charge in [-0.05, 0) is 47.7 Å². The topological polar surface area (TPSA) is 59.0 Å². The molecule has 6 heteroatoms. The molecule has 0 unspecified atom stereocenters. The number of halogens is 1. The van der Waals surface area contributed by atoms with Gasteiger partial charge >= 0.3 is 0 Å². The summed E-state index contributed by atoms with van der Waals surface area (Å²) in [6.07, 6.45) is 7.66. The van der Waals surface area contributed by atoms with Crippen LogP contribution in [-0.2, 0) is 27.5 Å². The van der Waals surface area contributed by atoms with Crippen molar-refractivity contribution < 1.29 is 19.4 Å². The van der Waals surface area contributed by atoms with Gasteiger partial charge in [0.2, 0.25) is 6.29 Å². The Morgan fingerprint density at radius 2 is 1.73 bits per heavy atom. The lowest BCUT2D eigenvalue weighted by molar-refractivity contribution is -0.156. The number of likely N-dealkylation sites (N-methyl/N-ethyl adjacent to an activating group) is 1. The number of benzene rings is 2. The molecule has 1 fully saturated rings. The summed E-state index contributed by atoms with van der Waals surface area (Å²) in [6, 6.07) is 15.6. The number of hydrogen-bond acceptors (Lipinski definition) is 4. The Balaban J connectivity index is 1.50. The molecule has 0 aromatic heterocycles. The van der Waals surface area contributed by atoms with Gasteiger partial charge in [-0.1, -0.05) is 67.3 Å². The zero-order chi connectivity index (χ0) is 23.2. The molecule has 1 N–H and O–H groups in total. The SMILES string of the molecule is CN(C(=O)C1=C[C@@H](c2ccc(Cl)cc2)C[C@@H](OCc2ccc(CO)cc2)O1)C1CCCCC1.